The molecule has 2 N–H and O–H groups in total. The van der Waals surface area contributed by atoms with Crippen molar-refractivity contribution in [2.24, 2.45) is 17.8 Å². The van der Waals surface area contributed by atoms with Crippen molar-refractivity contribution in [3.63, 3.8) is 0 Å². The summed E-state index contributed by atoms with van der Waals surface area (Å²) in [6.45, 7) is 6.83. The van der Waals surface area contributed by atoms with E-state index >= 15 is 0 Å². The highest BCUT2D eigenvalue weighted by Gasteiger charge is 2.55. The van der Waals surface area contributed by atoms with Gasteiger partial charge >= 0.3 is 0 Å². The Hall–Kier alpha value is -2.44. The number of methoxy groups -OCH3 is 1. The van der Waals surface area contributed by atoms with Gasteiger partial charge in [0.2, 0.25) is 0 Å². The Morgan fingerprint density at radius 1 is 0.897 bits per heavy atom. The Kier molecular flexibility index (Phi) is 8.34. The maximum Gasteiger partial charge on any atom is 0.261 e. The number of benzene rings is 3. The average molecular weight is 545 g/mol. The van der Waals surface area contributed by atoms with Crippen molar-refractivity contribution < 1.29 is 19.4 Å². The molecule has 4 nitrogen and oxygen atoms in total. The Morgan fingerprint density at radius 3 is 2.10 bits per heavy atom. The smallest absolute Gasteiger partial charge is 0.261 e. The van der Waals surface area contributed by atoms with Crippen LogP contribution in [0, 0.1) is 17.8 Å². The van der Waals surface area contributed by atoms with E-state index in [9.17, 15) is 10.2 Å². The van der Waals surface area contributed by atoms with Crippen LogP contribution < -0.4 is 15.1 Å². The zero-order chi connectivity index (χ0) is 27.6. The molecule has 1 fully saturated rings. The molecule has 5 heteroatoms. The first-order chi connectivity index (χ1) is 18.8. The molecule has 0 amide bonds. The fraction of sp³-hybridized carbons (Fsp3) is 0.471. The van der Waals surface area contributed by atoms with Crippen molar-refractivity contribution in [3.8, 4) is 5.75 Å². The van der Waals surface area contributed by atoms with Gasteiger partial charge < -0.3 is 19.4 Å². The zero-order valence-electron chi connectivity index (χ0n) is 23.8. The summed E-state index contributed by atoms with van der Waals surface area (Å²) in [5.74, 6) is 2.30. The molecule has 5 rings (SSSR count). The molecule has 3 aromatic rings. The van der Waals surface area contributed by atoms with Crippen LogP contribution in [0.5, 0.6) is 5.75 Å². The van der Waals surface area contributed by atoms with Gasteiger partial charge in [-0.1, -0.05) is 93.6 Å². The van der Waals surface area contributed by atoms with Crippen LogP contribution in [0.25, 0.3) is 0 Å². The number of fused-ring (bicyclic) bond motifs is 2. The van der Waals surface area contributed by atoms with Crippen molar-refractivity contribution in [1.29, 1.82) is 0 Å². The van der Waals surface area contributed by atoms with E-state index in [2.05, 4.69) is 99.6 Å². The molecule has 1 saturated carbocycles. The number of hydrogen-bond acceptors (Lipinski definition) is 4. The molecular weight excluding hydrogens is 500 g/mol. The van der Waals surface area contributed by atoms with E-state index in [1.807, 2.05) is 0 Å². The molecule has 0 radical (unpaired) electrons. The summed E-state index contributed by atoms with van der Waals surface area (Å²) >= 11 is 0. The summed E-state index contributed by atoms with van der Waals surface area (Å²) in [4.78, 5) is 0. The monoisotopic (exact) mass is 544 g/mol. The quantitative estimate of drug-likeness (QED) is 0.367. The lowest BCUT2D eigenvalue weighted by Gasteiger charge is -2.46. The average Bonchev–Trinajstić information content (AvgIpc) is 3.28. The first kappa shape index (κ1) is 28.1. The minimum atomic E-state index is -2.72. The fourth-order valence-electron chi connectivity index (χ4n) is 7.50. The SMILES string of the molecule is COc1cccc2c1C[C@H]1C[C@@H](O[Si](c3ccccc3)(c3ccccc3)C(C)(C)C)[C@H](CC[C@@H](O)CO)[C@H]1C2. The second-order valence-electron chi connectivity index (χ2n) is 12.6. The Morgan fingerprint density at radius 2 is 1.54 bits per heavy atom. The van der Waals surface area contributed by atoms with E-state index in [0.29, 0.717) is 24.2 Å². The van der Waals surface area contributed by atoms with Gasteiger partial charge in [-0.15, -0.1) is 0 Å². The van der Waals surface area contributed by atoms with Gasteiger partial charge in [0, 0.05) is 6.10 Å². The van der Waals surface area contributed by atoms with Crippen molar-refractivity contribution in [2.75, 3.05) is 13.7 Å². The molecular formula is C34H44O4Si. The number of ether oxygens (including phenoxy) is 1. The van der Waals surface area contributed by atoms with E-state index in [1.54, 1.807) is 7.11 Å². The van der Waals surface area contributed by atoms with E-state index in [4.69, 9.17) is 9.16 Å². The molecule has 3 aromatic carbocycles. The zero-order valence-corrected chi connectivity index (χ0v) is 24.8. The molecule has 39 heavy (non-hydrogen) atoms. The standard InChI is InChI=1S/C34H44O4Si/c1-34(2,3)39(27-13-7-5-8-14-27,28-15-9-6-10-16-28)38-33-22-25-21-31-24(12-11-17-32(31)37-4)20-30(25)29(33)19-18-26(36)23-35/h5-17,25-26,29-30,33,35-36H,18-23H2,1-4H3/t25-,26+,29+,30-,33+/m0/s1. The Labute approximate surface area is 235 Å². The Balaban J connectivity index is 1.57. The highest BCUT2D eigenvalue weighted by atomic mass is 28.4. The summed E-state index contributed by atoms with van der Waals surface area (Å²) in [7, 11) is -0.951. The van der Waals surface area contributed by atoms with Gasteiger partial charge in [0.05, 0.1) is 19.8 Å². The van der Waals surface area contributed by atoms with E-state index in [1.165, 1.54) is 21.5 Å². The topological polar surface area (TPSA) is 58.9 Å². The molecule has 0 unspecified atom stereocenters. The van der Waals surface area contributed by atoms with Crippen LogP contribution in [0.3, 0.4) is 0 Å². The van der Waals surface area contributed by atoms with Crippen LogP contribution in [0.15, 0.2) is 78.9 Å². The fourth-order valence-corrected chi connectivity index (χ4v) is 12.2. The highest BCUT2D eigenvalue weighted by molar-refractivity contribution is 6.99. The van der Waals surface area contributed by atoms with Crippen LogP contribution >= 0.6 is 0 Å². The number of hydrogen-bond donors (Lipinski definition) is 2. The van der Waals surface area contributed by atoms with Gasteiger partial charge in [-0.3, -0.25) is 0 Å². The number of rotatable bonds is 9. The van der Waals surface area contributed by atoms with Crippen molar-refractivity contribution in [2.45, 2.75) is 70.1 Å². The summed E-state index contributed by atoms with van der Waals surface area (Å²) in [5.41, 5.74) is 2.73. The lowest BCUT2D eigenvalue weighted by Crippen LogP contribution is -2.68. The van der Waals surface area contributed by atoms with Gasteiger partial charge in [-0.2, -0.15) is 0 Å². The number of aliphatic hydroxyl groups excluding tert-OH is 2. The first-order valence-corrected chi connectivity index (χ1v) is 16.4. The second kappa shape index (κ2) is 11.6. The highest BCUT2D eigenvalue weighted by Crippen LogP contribution is 2.51. The molecule has 2 aliphatic carbocycles. The molecule has 0 bridgehead atoms. The van der Waals surface area contributed by atoms with Gasteiger partial charge in [-0.05, 0) is 82.5 Å². The largest absolute Gasteiger partial charge is 0.496 e. The van der Waals surface area contributed by atoms with Crippen LogP contribution in [0.1, 0.15) is 51.2 Å². The third-order valence-electron chi connectivity index (χ3n) is 9.33. The third kappa shape index (κ3) is 5.34. The van der Waals surface area contributed by atoms with Crippen molar-refractivity contribution in [3.05, 3.63) is 90.0 Å². The molecule has 5 atom stereocenters. The minimum absolute atomic E-state index is 0.0810. The minimum Gasteiger partial charge on any atom is -0.496 e. The predicted molar refractivity (Wildman–Crippen MR) is 160 cm³/mol. The van der Waals surface area contributed by atoms with Crippen LogP contribution in [0.2, 0.25) is 5.04 Å². The van der Waals surface area contributed by atoms with Crippen LogP contribution in [-0.4, -0.2) is 44.5 Å². The third-order valence-corrected chi connectivity index (χ3v) is 14.4. The summed E-state index contributed by atoms with van der Waals surface area (Å²) < 4.78 is 13.5. The van der Waals surface area contributed by atoms with Crippen LogP contribution in [-0.2, 0) is 17.3 Å². The van der Waals surface area contributed by atoms with Gasteiger partial charge in [0.25, 0.3) is 8.32 Å². The molecule has 0 spiro atoms. The molecule has 0 aromatic heterocycles. The molecule has 2 aliphatic rings. The van der Waals surface area contributed by atoms with Crippen molar-refractivity contribution >= 4 is 18.7 Å². The number of aliphatic hydroxyl groups is 2. The lowest BCUT2D eigenvalue weighted by atomic mass is 9.73. The summed E-state index contributed by atoms with van der Waals surface area (Å²) in [5, 5.41) is 22.5. The first-order valence-electron chi connectivity index (χ1n) is 14.5. The predicted octanol–water partition coefficient (Wildman–Crippen LogP) is 5.12. The maximum absolute atomic E-state index is 10.3. The molecule has 208 valence electrons. The Bertz CT molecular complexity index is 1180. The van der Waals surface area contributed by atoms with Crippen LogP contribution in [0.4, 0.5) is 0 Å². The maximum atomic E-state index is 10.3. The molecule has 0 aliphatic heterocycles. The normalized spacial score (nSPS) is 23.6. The van der Waals surface area contributed by atoms with E-state index in [-0.39, 0.29) is 17.7 Å². The molecule has 0 saturated heterocycles. The molecule has 0 heterocycles. The van der Waals surface area contributed by atoms with Gasteiger partial charge in [0.15, 0.2) is 0 Å². The van der Waals surface area contributed by atoms with Gasteiger partial charge in [0.1, 0.15) is 5.75 Å². The van der Waals surface area contributed by atoms with Gasteiger partial charge in [-0.25, -0.2) is 0 Å². The summed E-state index contributed by atoms with van der Waals surface area (Å²) in [6.07, 6.45) is 3.86. The van der Waals surface area contributed by atoms with Crippen molar-refractivity contribution in [1.82, 2.24) is 0 Å². The van der Waals surface area contributed by atoms with E-state index < -0.39 is 14.4 Å². The second-order valence-corrected chi connectivity index (χ2v) is 16.8. The van der Waals surface area contributed by atoms with E-state index in [0.717, 1.165) is 31.4 Å². The lowest BCUT2D eigenvalue weighted by molar-refractivity contribution is 0.0653. The summed E-state index contributed by atoms with van der Waals surface area (Å²) in [6, 6.07) is 28.2.